The average Bonchev–Trinajstić information content (AvgIpc) is 3.11. The van der Waals surface area contributed by atoms with E-state index in [2.05, 4.69) is 10.1 Å². The Morgan fingerprint density at radius 2 is 2.07 bits per heavy atom. The van der Waals surface area contributed by atoms with Crippen molar-refractivity contribution in [1.29, 1.82) is 0 Å². The van der Waals surface area contributed by atoms with E-state index in [0.717, 1.165) is 31.8 Å². The summed E-state index contributed by atoms with van der Waals surface area (Å²) < 4.78 is 5.13. The minimum absolute atomic E-state index is 0.112. The zero-order valence-electron chi connectivity index (χ0n) is 16.8. The highest BCUT2D eigenvalue weighted by molar-refractivity contribution is 5.86. The summed E-state index contributed by atoms with van der Waals surface area (Å²) >= 11 is 0. The predicted molar refractivity (Wildman–Crippen MR) is 102 cm³/mol. The van der Waals surface area contributed by atoms with Gasteiger partial charge in [0.1, 0.15) is 0 Å². The number of aryl methyl sites for hydroxylation is 1. The SMILES string of the molecule is CCc1nc(CN(C)C[C@]2(O)CCCN(CCC3CCCCC3)C2=O)no1. The van der Waals surface area contributed by atoms with Crippen molar-refractivity contribution in [2.45, 2.75) is 76.9 Å². The van der Waals surface area contributed by atoms with Gasteiger partial charge in [-0.15, -0.1) is 0 Å². The van der Waals surface area contributed by atoms with E-state index in [1.807, 2.05) is 23.8 Å². The molecule has 1 N–H and O–H groups in total. The summed E-state index contributed by atoms with van der Waals surface area (Å²) in [5, 5.41) is 15.0. The largest absolute Gasteiger partial charge is 0.379 e. The lowest BCUT2D eigenvalue weighted by molar-refractivity contribution is -0.159. The molecule has 0 radical (unpaired) electrons. The lowest BCUT2D eigenvalue weighted by Crippen LogP contribution is -2.58. The molecule has 0 unspecified atom stereocenters. The molecule has 1 saturated carbocycles. The number of piperidine rings is 1. The van der Waals surface area contributed by atoms with Crippen LogP contribution < -0.4 is 0 Å². The number of nitrogens with zero attached hydrogens (tertiary/aromatic N) is 4. The van der Waals surface area contributed by atoms with Gasteiger partial charge < -0.3 is 14.5 Å². The van der Waals surface area contributed by atoms with E-state index in [1.54, 1.807) is 0 Å². The topological polar surface area (TPSA) is 82.7 Å². The van der Waals surface area contributed by atoms with Crippen molar-refractivity contribution in [1.82, 2.24) is 19.9 Å². The Bertz CT molecular complexity index is 614. The van der Waals surface area contributed by atoms with Crippen LogP contribution in [0.5, 0.6) is 0 Å². The van der Waals surface area contributed by atoms with Gasteiger partial charge in [-0.1, -0.05) is 44.2 Å². The van der Waals surface area contributed by atoms with Crippen LogP contribution in [0.2, 0.25) is 0 Å². The van der Waals surface area contributed by atoms with Gasteiger partial charge in [0.05, 0.1) is 6.54 Å². The van der Waals surface area contributed by atoms with Crippen molar-refractivity contribution < 1.29 is 14.4 Å². The fourth-order valence-electron chi connectivity index (χ4n) is 4.48. The molecular weight excluding hydrogens is 344 g/mol. The van der Waals surface area contributed by atoms with Crippen molar-refractivity contribution in [2.24, 2.45) is 5.92 Å². The lowest BCUT2D eigenvalue weighted by atomic mass is 9.86. The van der Waals surface area contributed by atoms with Crippen LogP contribution in [0.25, 0.3) is 0 Å². The highest BCUT2D eigenvalue weighted by atomic mass is 16.5. The van der Waals surface area contributed by atoms with Crippen LogP contribution in [0.15, 0.2) is 4.52 Å². The van der Waals surface area contributed by atoms with Gasteiger partial charge in [-0.25, -0.2) is 0 Å². The van der Waals surface area contributed by atoms with E-state index in [4.69, 9.17) is 4.52 Å². The van der Waals surface area contributed by atoms with E-state index < -0.39 is 5.60 Å². The summed E-state index contributed by atoms with van der Waals surface area (Å²) in [4.78, 5) is 21.1. The quantitative estimate of drug-likeness (QED) is 0.748. The first-order valence-corrected chi connectivity index (χ1v) is 10.5. The molecule has 1 aromatic rings. The highest BCUT2D eigenvalue weighted by Gasteiger charge is 2.42. The number of hydrogen-bond donors (Lipinski definition) is 1. The number of aromatic nitrogens is 2. The molecule has 3 rings (SSSR count). The molecule has 1 aromatic heterocycles. The molecular formula is C20H34N4O3. The van der Waals surface area contributed by atoms with Crippen molar-refractivity contribution in [3.05, 3.63) is 11.7 Å². The second kappa shape index (κ2) is 9.15. The summed E-state index contributed by atoms with van der Waals surface area (Å²) in [6.45, 7) is 4.26. The van der Waals surface area contributed by atoms with Gasteiger partial charge in [-0.2, -0.15) is 4.98 Å². The number of likely N-dealkylation sites (tertiary alicyclic amines) is 1. The number of likely N-dealkylation sites (N-methyl/N-ethyl adjacent to an activating group) is 1. The van der Waals surface area contributed by atoms with E-state index >= 15 is 0 Å². The van der Waals surface area contributed by atoms with Gasteiger partial charge in [-0.05, 0) is 32.2 Å². The smallest absolute Gasteiger partial charge is 0.255 e. The van der Waals surface area contributed by atoms with Crippen molar-refractivity contribution in [3.8, 4) is 0 Å². The van der Waals surface area contributed by atoms with E-state index in [9.17, 15) is 9.90 Å². The van der Waals surface area contributed by atoms with Crippen LogP contribution in [0.1, 0.15) is 70.0 Å². The van der Waals surface area contributed by atoms with Gasteiger partial charge in [0.25, 0.3) is 5.91 Å². The molecule has 2 heterocycles. The molecule has 1 atom stereocenters. The maximum atomic E-state index is 13.0. The van der Waals surface area contributed by atoms with Crippen LogP contribution in [-0.4, -0.2) is 63.2 Å². The molecule has 1 saturated heterocycles. The molecule has 1 aliphatic heterocycles. The minimum atomic E-state index is -1.31. The Labute approximate surface area is 162 Å². The maximum absolute atomic E-state index is 13.0. The summed E-state index contributed by atoms with van der Waals surface area (Å²) in [7, 11) is 1.88. The molecule has 152 valence electrons. The molecule has 2 fully saturated rings. The fraction of sp³-hybridized carbons (Fsp3) is 0.850. The molecule has 0 bridgehead atoms. The van der Waals surface area contributed by atoms with Crippen LogP contribution >= 0.6 is 0 Å². The van der Waals surface area contributed by atoms with Gasteiger partial charge >= 0.3 is 0 Å². The molecule has 0 aromatic carbocycles. The first-order chi connectivity index (χ1) is 13.0. The Kier molecular flexibility index (Phi) is 6.87. The first kappa shape index (κ1) is 20.3. The Hall–Kier alpha value is -1.47. The minimum Gasteiger partial charge on any atom is -0.379 e. The number of aliphatic hydroxyl groups is 1. The zero-order valence-corrected chi connectivity index (χ0v) is 16.8. The normalized spacial score (nSPS) is 24.7. The molecule has 7 heteroatoms. The third kappa shape index (κ3) is 5.29. The molecule has 1 aliphatic carbocycles. The molecule has 2 aliphatic rings. The van der Waals surface area contributed by atoms with Gasteiger partial charge in [0, 0.05) is 26.1 Å². The van der Waals surface area contributed by atoms with Crippen LogP contribution in [0.4, 0.5) is 0 Å². The molecule has 7 nitrogen and oxygen atoms in total. The third-order valence-corrected chi connectivity index (χ3v) is 5.99. The fourth-order valence-corrected chi connectivity index (χ4v) is 4.48. The number of carbonyl (C=O) groups is 1. The predicted octanol–water partition coefficient (Wildman–Crippen LogP) is 2.39. The highest BCUT2D eigenvalue weighted by Crippen LogP contribution is 2.29. The Morgan fingerprint density at radius 3 is 2.78 bits per heavy atom. The van der Waals surface area contributed by atoms with Crippen molar-refractivity contribution in [3.63, 3.8) is 0 Å². The van der Waals surface area contributed by atoms with Gasteiger partial charge in [0.15, 0.2) is 11.4 Å². The second-order valence-electron chi connectivity index (χ2n) is 8.35. The summed E-state index contributed by atoms with van der Waals surface area (Å²) in [6, 6.07) is 0. The van der Waals surface area contributed by atoms with Gasteiger partial charge in [-0.3, -0.25) is 9.69 Å². The second-order valence-corrected chi connectivity index (χ2v) is 8.35. The lowest BCUT2D eigenvalue weighted by Gasteiger charge is -2.40. The zero-order chi connectivity index (χ0) is 19.3. The standard InChI is InChI=1S/C20H34N4O3/c1-3-18-21-17(22-27-18)14-23(2)15-20(26)11-7-12-24(19(20)25)13-10-16-8-5-4-6-9-16/h16,26H,3-15H2,1-2H3/t20-/m1/s1. The van der Waals surface area contributed by atoms with Crippen molar-refractivity contribution >= 4 is 5.91 Å². The van der Waals surface area contributed by atoms with Crippen LogP contribution in [0.3, 0.4) is 0 Å². The summed E-state index contributed by atoms with van der Waals surface area (Å²) in [5.41, 5.74) is -1.31. The van der Waals surface area contributed by atoms with E-state index in [-0.39, 0.29) is 5.91 Å². The Balaban J connectivity index is 1.52. The maximum Gasteiger partial charge on any atom is 0.255 e. The van der Waals surface area contributed by atoms with Gasteiger partial charge in [0.2, 0.25) is 5.89 Å². The molecule has 0 spiro atoms. The van der Waals surface area contributed by atoms with Crippen LogP contribution in [0, 0.1) is 5.92 Å². The third-order valence-electron chi connectivity index (χ3n) is 5.99. The first-order valence-electron chi connectivity index (χ1n) is 10.5. The number of amides is 1. The van der Waals surface area contributed by atoms with Crippen molar-refractivity contribution in [2.75, 3.05) is 26.7 Å². The summed E-state index contributed by atoms with van der Waals surface area (Å²) in [6.07, 6.45) is 9.72. The molecule has 27 heavy (non-hydrogen) atoms. The van der Waals surface area contributed by atoms with E-state index in [1.165, 1.54) is 32.1 Å². The monoisotopic (exact) mass is 378 g/mol. The van der Waals surface area contributed by atoms with Crippen LogP contribution in [-0.2, 0) is 17.8 Å². The number of rotatable bonds is 8. The Morgan fingerprint density at radius 1 is 1.30 bits per heavy atom. The van der Waals surface area contributed by atoms with E-state index in [0.29, 0.717) is 37.6 Å². The molecule has 1 amide bonds. The number of carbonyl (C=O) groups excluding carboxylic acids is 1. The number of hydrogen-bond acceptors (Lipinski definition) is 6. The summed E-state index contributed by atoms with van der Waals surface area (Å²) in [5.74, 6) is 1.84. The average molecular weight is 379 g/mol.